The lowest BCUT2D eigenvalue weighted by atomic mass is 9.77. The van der Waals surface area contributed by atoms with Gasteiger partial charge < -0.3 is 9.84 Å². The minimum absolute atomic E-state index is 0.0241. The van der Waals surface area contributed by atoms with Crippen molar-refractivity contribution in [2.75, 3.05) is 0 Å². The van der Waals surface area contributed by atoms with E-state index < -0.39 is 22.9 Å². The number of aliphatic carboxylic acids is 1. The summed E-state index contributed by atoms with van der Waals surface area (Å²) in [5, 5.41) is 8.94. The number of halogens is 2. The van der Waals surface area contributed by atoms with Crippen LogP contribution < -0.4 is 0 Å². The van der Waals surface area contributed by atoms with E-state index in [0.717, 1.165) is 6.92 Å². The van der Waals surface area contributed by atoms with E-state index in [0.29, 0.717) is 0 Å². The normalized spacial score (nSPS) is 24.7. The maximum Gasteiger partial charge on any atom is 0.347 e. The van der Waals surface area contributed by atoms with Crippen LogP contribution in [0, 0.1) is 5.41 Å². The number of carboxylic acid groups (broad SMARTS) is 1. The lowest BCUT2D eigenvalue weighted by molar-refractivity contribution is -0.158. The fourth-order valence-corrected chi connectivity index (χ4v) is 1.59. The molecule has 0 aromatic heterocycles. The summed E-state index contributed by atoms with van der Waals surface area (Å²) in [6.45, 7) is 5.04. The second kappa shape index (κ2) is 4.37. The summed E-state index contributed by atoms with van der Waals surface area (Å²) < 4.78 is 32.3. The predicted octanol–water partition coefficient (Wildman–Crippen LogP) is 3.37. The van der Waals surface area contributed by atoms with Gasteiger partial charge in [-0.05, 0) is 26.8 Å². The molecule has 1 unspecified atom stereocenters. The van der Waals surface area contributed by atoms with Gasteiger partial charge in [-0.1, -0.05) is 12.2 Å². The maximum atomic E-state index is 13.5. The number of hydrogen-bond acceptors (Lipinski definition) is 2. The summed E-state index contributed by atoms with van der Waals surface area (Å²) in [5.74, 6) is -3.78. The molecular weight excluding hydrogens is 242 g/mol. The molecule has 0 saturated carbocycles. The molecule has 0 radical (unpaired) electrons. The lowest BCUT2D eigenvalue weighted by Crippen LogP contribution is -2.39. The first-order valence-electron chi connectivity index (χ1n) is 5.67. The Bertz CT molecular complexity index is 405. The number of ether oxygens (including phenoxy) is 1. The number of carbonyl (C=O) groups is 1. The summed E-state index contributed by atoms with van der Waals surface area (Å²) in [6.07, 6.45) is 4.41. The van der Waals surface area contributed by atoms with Crippen LogP contribution in [-0.4, -0.2) is 22.6 Å². The van der Waals surface area contributed by atoms with E-state index >= 15 is 0 Å². The maximum absolute atomic E-state index is 13.5. The minimum Gasteiger partial charge on any atom is -0.480 e. The largest absolute Gasteiger partial charge is 0.480 e. The minimum atomic E-state index is -2.90. The third-order valence-electron chi connectivity index (χ3n) is 3.19. The van der Waals surface area contributed by atoms with Gasteiger partial charge in [0.1, 0.15) is 0 Å². The summed E-state index contributed by atoms with van der Waals surface area (Å²) >= 11 is 0. The van der Waals surface area contributed by atoms with Gasteiger partial charge in [-0.2, -0.15) is 0 Å². The first kappa shape index (κ1) is 14.7. The standard InChI is InChI=1S/C13H18F2O3/c1-11(2,10(16)17)18-9-6-5-7-12(3,8-9)13(4,14)15/h5-7H,8H2,1-4H3,(H,16,17). The molecule has 0 fully saturated rings. The molecule has 18 heavy (non-hydrogen) atoms. The summed E-state index contributed by atoms with van der Waals surface area (Å²) in [7, 11) is 0. The Morgan fingerprint density at radius 1 is 1.44 bits per heavy atom. The van der Waals surface area contributed by atoms with Crippen LogP contribution in [0.5, 0.6) is 0 Å². The van der Waals surface area contributed by atoms with Gasteiger partial charge in [0.25, 0.3) is 5.92 Å². The second-order valence-electron chi connectivity index (χ2n) is 5.39. The summed E-state index contributed by atoms with van der Waals surface area (Å²) in [5.41, 5.74) is -2.79. The van der Waals surface area contributed by atoms with Crippen molar-refractivity contribution in [3.05, 3.63) is 24.0 Å². The molecule has 1 aliphatic rings. The summed E-state index contributed by atoms with van der Waals surface area (Å²) in [4.78, 5) is 10.9. The molecular formula is C13H18F2O3. The van der Waals surface area contributed by atoms with Gasteiger partial charge in [0.05, 0.1) is 11.2 Å². The smallest absolute Gasteiger partial charge is 0.347 e. The highest BCUT2D eigenvalue weighted by Gasteiger charge is 2.46. The molecule has 102 valence electrons. The van der Waals surface area contributed by atoms with Crippen LogP contribution in [0.3, 0.4) is 0 Å². The molecule has 1 aliphatic carbocycles. The Labute approximate surface area is 105 Å². The van der Waals surface area contributed by atoms with Gasteiger partial charge in [0.15, 0.2) is 5.60 Å². The van der Waals surface area contributed by atoms with Gasteiger partial charge in [-0.3, -0.25) is 0 Å². The zero-order valence-corrected chi connectivity index (χ0v) is 11.0. The van der Waals surface area contributed by atoms with Gasteiger partial charge in [0, 0.05) is 13.3 Å². The van der Waals surface area contributed by atoms with E-state index in [-0.39, 0.29) is 12.2 Å². The van der Waals surface area contributed by atoms with Crippen LogP contribution in [0.15, 0.2) is 24.0 Å². The van der Waals surface area contributed by atoms with Crippen LogP contribution in [0.2, 0.25) is 0 Å². The summed E-state index contributed by atoms with van der Waals surface area (Å²) in [6, 6.07) is 0. The van der Waals surface area contributed by atoms with E-state index in [1.165, 1.54) is 39.0 Å². The molecule has 5 heteroatoms. The van der Waals surface area contributed by atoms with Crippen molar-refractivity contribution in [2.45, 2.75) is 45.6 Å². The van der Waals surface area contributed by atoms with Crippen molar-refractivity contribution in [1.82, 2.24) is 0 Å². The lowest BCUT2D eigenvalue weighted by Gasteiger charge is -2.36. The number of carboxylic acids is 1. The number of alkyl halides is 2. The number of rotatable bonds is 4. The average Bonchev–Trinajstić information content (AvgIpc) is 2.14. The molecule has 0 bridgehead atoms. The van der Waals surface area contributed by atoms with Crippen molar-refractivity contribution in [1.29, 1.82) is 0 Å². The molecule has 3 nitrogen and oxygen atoms in total. The Morgan fingerprint density at radius 3 is 2.44 bits per heavy atom. The second-order valence-corrected chi connectivity index (χ2v) is 5.39. The molecule has 0 spiro atoms. The molecule has 1 rings (SSSR count). The first-order chi connectivity index (χ1) is 7.98. The number of allylic oxidation sites excluding steroid dienone is 4. The SMILES string of the molecule is CC(C)(OC1=CC=CC(C)(C(C)(F)F)C1)C(=O)O. The van der Waals surface area contributed by atoms with Gasteiger partial charge >= 0.3 is 5.97 Å². The highest BCUT2D eigenvalue weighted by Crippen LogP contribution is 2.45. The van der Waals surface area contributed by atoms with Crippen LogP contribution in [0.1, 0.15) is 34.1 Å². The van der Waals surface area contributed by atoms with E-state index in [1.54, 1.807) is 0 Å². The zero-order valence-electron chi connectivity index (χ0n) is 11.0. The van der Waals surface area contributed by atoms with Gasteiger partial charge in [0.2, 0.25) is 0 Å². The fourth-order valence-electron chi connectivity index (χ4n) is 1.59. The molecule has 0 aromatic carbocycles. The van der Waals surface area contributed by atoms with Gasteiger partial charge in [-0.25, -0.2) is 13.6 Å². The topological polar surface area (TPSA) is 46.5 Å². The van der Waals surface area contributed by atoms with Crippen LogP contribution in [-0.2, 0) is 9.53 Å². The highest BCUT2D eigenvalue weighted by atomic mass is 19.3. The van der Waals surface area contributed by atoms with Crippen LogP contribution >= 0.6 is 0 Å². The Kier molecular flexibility index (Phi) is 3.56. The quantitative estimate of drug-likeness (QED) is 0.843. The van der Waals surface area contributed by atoms with E-state index in [9.17, 15) is 13.6 Å². The third kappa shape index (κ3) is 2.89. The van der Waals surface area contributed by atoms with Crippen LogP contribution in [0.4, 0.5) is 8.78 Å². The van der Waals surface area contributed by atoms with Gasteiger partial charge in [-0.15, -0.1) is 0 Å². The number of hydrogen-bond donors (Lipinski definition) is 1. The molecule has 0 saturated heterocycles. The third-order valence-corrected chi connectivity index (χ3v) is 3.19. The Hall–Kier alpha value is -1.39. The van der Waals surface area contributed by atoms with E-state index in [4.69, 9.17) is 9.84 Å². The zero-order chi connectivity index (χ0) is 14.2. The first-order valence-corrected chi connectivity index (χ1v) is 5.67. The van der Waals surface area contributed by atoms with Crippen molar-refractivity contribution in [2.24, 2.45) is 5.41 Å². The molecule has 0 aliphatic heterocycles. The van der Waals surface area contributed by atoms with Crippen molar-refractivity contribution >= 4 is 5.97 Å². The Morgan fingerprint density at radius 2 is 2.00 bits per heavy atom. The van der Waals surface area contributed by atoms with Crippen molar-refractivity contribution < 1.29 is 23.4 Å². The molecule has 0 heterocycles. The molecule has 0 amide bonds. The van der Waals surface area contributed by atoms with E-state index in [2.05, 4.69) is 0 Å². The highest BCUT2D eigenvalue weighted by molar-refractivity contribution is 5.76. The van der Waals surface area contributed by atoms with E-state index in [1.807, 2.05) is 0 Å². The fraction of sp³-hybridized carbons (Fsp3) is 0.615. The predicted molar refractivity (Wildman–Crippen MR) is 63.4 cm³/mol. The molecule has 1 N–H and O–H groups in total. The molecule has 1 atom stereocenters. The molecule has 0 aromatic rings. The monoisotopic (exact) mass is 260 g/mol. The van der Waals surface area contributed by atoms with Crippen molar-refractivity contribution in [3.8, 4) is 0 Å². The Balaban J connectivity index is 2.88. The van der Waals surface area contributed by atoms with Crippen LogP contribution in [0.25, 0.3) is 0 Å². The average molecular weight is 260 g/mol. The van der Waals surface area contributed by atoms with Crippen molar-refractivity contribution in [3.63, 3.8) is 0 Å².